The van der Waals surface area contributed by atoms with E-state index in [9.17, 15) is 9.18 Å². The maximum absolute atomic E-state index is 13.1. The van der Waals surface area contributed by atoms with E-state index in [0.29, 0.717) is 5.92 Å². The first-order chi connectivity index (χ1) is 12.5. The summed E-state index contributed by atoms with van der Waals surface area (Å²) in [6, 6.07) is 6.67. The minimum Gasteiger partial charge on any atom is -0.346 e. The molecule has 1 aromatic heterocycles. The average Bonchev–Trinajstić information content (AvgIpc) is 3.16. The molecule has 0 aliphatic carbocycles. The van der Waals surface area contributed by atoms with Crippen LogP contribution in [0.1, 0.15) is 43.3 Å². The van der Waals surface area contributed by atoms with Gasteiger partial charge in [0.05, 0.1) is 6.04 Å². The molecule has 0 radical (unpaired) electrons. The fourth-order valence-corrected chi connectivity index (χ4v) is 4.23. The van der Waals surface area contributed by atoms with Gasteiger partial charge in [0.15, 0.2) is 0 Å². The van der Waals surface area contributed by atoms with Crippen LogP contribution in [-0.2, 0) is 11.3 Å². The highest BCUT2D eigenvalue weighted by Crippen LogP contribution is 2.31. The van der Waals surface area contributed by atoms with E-state index in [1.165, 1.54) is 12.1 Å². The van der Waals surface area contributed by atoms with Gasteiger partial charge >= 0.3 is 0 Å². The molecule has 2 aromatic rings. The molecule has 1 aliphatic heterocycles. The molecule has 0 unspecified atom stereocenters. The highest BCUT2D eigenvalue weighted by atomic mass is 32.1. The molecule has 140 valence electrons. The van der Waals surface area contributed by atoms with Gasteiger partial charge in [0.1, 0.15) is 10.8 Å². The number of thiazole rings is 1. The summed E-state index contributed by atoms with van der Waals surface area (Å²) in [5.74, 6) is 0.153. The maximum Gasteiger partial charge on any atom is 0.223 e. The number of benzene rings is 1. The molecule has 0 saturated carbocycles. The number of hydrogen-bond acceptors (Lipinski definition) is 4. The van der Waals surface area contributed by atoms with Crippen LogP contribution in [0.2, 0.25) is 0 Å². The monoisotopic (exact) mass is 375 g/mol. The van der Waals surface area contributed by atoms with Gasteiger partial charge in [0.2, 0.25) is 5.91 Å². The number of halogens is 1. The predicted molar refractivity (Wildman–Crippen MR) is 102 cm³/mol. The van der Waals surface area contributed by atoms with Crippen LogP contribution in [0.25, 0.3) is 0 Å². The van der Waals surface area contributed by atoms with Crippen molar-refractivity contribution in [3.05, 3.63) is 52.2 Å². The first-order valence-corrected chi connectivity index (χ1v) is 10.1. The standard InChI is InChI=1S/C20H26FN3OS/c1-14(2)19(25)23-18(20-22-9-11-26-20)16-4-3-10-24(13-16)12-15-5-7-17(21)8-6-15/h5-9,11,14,16,18H,3-4,10,12-13H2,1-2H3,(H,23,25)/t16-,18-/m1/s1. The van der Waals surface area contributed by atoms with Crippen molar-refractivity contribution < 1.29 is 9.18 Å². The van der Waals surface area contributed by atoms with Gasteiger partial charge in [0, 0.05) is 30.6 Å². The van der Waals surface area contributed by atoms with Crippen LogP contribution in [0.4, 0.5) is 4.39 Å². The van der Waals surface area contributed by atoms with Crippen LogP contribution in [-0.4, -0.2) is 28.9 Å². The summed E-state index contributed by atoms with van der Waals surface area (Å²) < 4.78 is 13.1. The third-order valence-electron chi connectivity index (χ3n) is 4.87. The molecule has 6 heteroatoms. The van der Waals surface area contributed by atoms with Crippen molar-refractivity contribution in [1.82, 2.24) is 15.2 Å². The Morgan fingerprint density at radius 1 is 1.38 bits per heavy atom. The molecule has 1 aliphatic rings. The third-order valence-corrected chi connectivity index (χ3v) is 5.73. The van der Waals surface area contributed by atoms with E-state index in [1.807, 2.05) is 31.4 Å². The number of likely N-dealkylation sites (tertiary alicyclic amines) is 1. The van der Waals surface area contributed by atoms with Gasteiger partial charge in [-0.3, -0.25) is 9.69 Å². The zero-order valence-corrected chi connectivity index (χ0v) is 16.1. The second kappa shape index (κ2) is 8.73. The highest BCUT2D eigenvalue weighted by Gasteiger charge is 2.31. The maximum atomic E-state index is 13.1. The van der Waals surface area contributed by atoms with Gasteiger partial charge in [-0.1, -0.05) is 26.0 Å². The Morgan fingerprint density at radius 2 is 2.15 bits per heavy atom. The Labute approximate surface area is 158 Å². The SMILES string of the molecule is CC(C)C(=O)N[C@@H](c1nccs1)[C@@H]1CCCN(Cc2ccc(F)cc2)C1. The third kappa shape index (κ3) is 4.89. The first-order valence-electron chi connectivity index (χ1n) is 9.19. The van der Waals surface area contributed by atoms with Crippen molar-refractivity contribution in [2.75, 3.05) is 13.1 Å². The summed E-state index contributed by atoms with van der Waals surface area (Å²) in [5, 5.41) is 6.15. The molecule has 1 amide bonds. The summed E-state index contributed by atoms with van der Waals surface area (Å²) in [5.41, 5.74) is 1.11. The Morgan fingerprint density at radius 3 is 2.81 bits per heavy atom. The van der Waals surface area contributed by atoms with E-state index in [1.54, 1.807) is 17.5 Å². The van der Waals surface area contributed by atoms with Crippen LogP contribution >= 0.6 is 11.3 Å². The lowest BCUT2D eigenvalue weighted by Crippen LogP contribution is -2.43. The molecule has 1 aromatic carbocycles. The molecule has 1 saturated heterocycles. The Bertz CT molecular complexity index is 702. The minimum absolute atomic E-state index is 0.0408. The zero-order valence-electron chi connectivity index (χ0n) is 15.3. The largest absolute Gasteiger partial charge is 0.346 e. The molecule has 1 fully saturated rings. The fourth-order valence-electron chi connectivity index (χ4n) is 3.44. The zero-order chi connectivity index (χ0) is 18.5. The lowest BCUT2D eigenvalue weighted by molar-refractivity contribution is -0.125. The Kier molecular flexibility index (Phi) is 6.38. The van der Waals surface area contributed by atoms with Crippen LogP contribution in [0.15, 0.2) is 35.8 Å². The molecule has 3 rings (SSSR count). The van der Waals surface area contributed by atoms with Crippen LogP contribution in [0.5, 0.6) is 0 Å². The smallest absolute Gasteiger partial charge is 0.223 e. The van der Waals surface area contributed by atoms with Gasteiger partial charge < -0.3 is 5.32 Å². The molecule has 4 nitrogen and oxygen atoms in total. The molecular formula is C20H26FN3OS. The molecule has 0 spiro atoms. The average molecular weight is 376 g/mol. The van der Waals surface area contributed by atoms with Crippen LogP contribution in [0, 0.1) is 17.7 Å². The van der Waals surface area contributed by atoms with Crippen molar-refractivity contribution in [1.29, 1.82) is 0 Å². The second-order valence-corrected chi connectivity index (χ2v) is 8.20. The number of piperidine rings is 1. The lowest BCUT2D eigenvalue weighted by Gasteiger charge is -2.37. The molecular weight excluding hydrogens is 349 g/mol. The summed E-state index contributed by atoms with van der Waals surface area (Å²) in [6.45, 7) is 6.56. The second-order valence-electron chi connectivity index (χ2n) is 7.28. The number of nitrogens with zero attached hydrogens (tertiary/aromatic N) is 2. The fraction of sp³-hybridized carbons (Fsp3) is 0.500. The number of hydrogen-bond donors (Lipinski definition) is 1. The topological polar surface area (TPSA) is 45.2 Å². The number of amides is 1. The normalized spacial score (nSPS) is 19.5. The number of aromatic nitrogens is 1. The predicted octanol–water partition coefficient (Wildman–Crippen LogP) is 4.01. The number of carbonyl (C=O) groups excluding carboxylic acids is 1. The van der Waals surface area contributed by atoms with Gasteiger partial charge in [-0.2, -0.15) is 0 Å². The van der Waals surface area contributed by atoms with E-state index >= 15 is 0 Å². The summed E-state index contributed by atoms with van der Waals surface area (Å²) in [4.78, 5) is 19.2. The number of rotatable bonds is 6. The van der Waals surface area contributed by atoms with E-state index < -0.39 is 0 Å². The number of nitrogens with one attached hydrogen (secondary N) is 1. The van der Waals surface area contributed by atoms with Gasteiger partial charge in [-0.25, -0.2) is 9.37 Å². The van der Waals surface area contributed by atoms with Gasteiger partial charge in [0.25, 0.3) is 0 Å². The van der Waals surface area contributed by atoms with Crippen molar-refractivity contribution >= 4 is 17.2 Å². The van der Waals surface area contributed by atoms with E-state index in [-0.39, 0.29) is 23.7 Å². The molecule has 1 N–H and O–H groups in total. The Balaban J connectivity index is 1.70. The van der Waals surface area contributed by atoms with E-state index in [4.69, 9.17) is 0 Å². The van der Waals surface area contributed by atoms with E-state index in [2.05, 4.69) is 15.2 Å². The van der Waals surface area contributed by atoms with Crippen molar-refractivity contribution in [3.63, 3.8) is 0 Å². The van der Waals surface area contributed by atoms with Gasteiger partial charge in [-0.05, 0) is 43.0 Å². The lowest BCUT2D eigenvalue weighted by atomic mass is 9.90. The number of carbonyl (C=O) groups is 1. The van der Waals surface area contributed by atoms with Gasteiger partial charge in [-0.15, -0.1) is 11.3 Å². The van der Waals surface area contributed by atoms with E-state index in [0.717, 1.165) is 43.0 Å². The summed E-state index contributed by atoms with van der Waals surface area (Å²) >= 11 is 1.60. The summed E-state index contributed by atoms with van der Waals surface area (Å²) in [6.07, 6.45) is 3.96. The quantitative estimate of drug-likeness (QED) is 0.830. The van der Waals surface area contributed by atoms with Crippen molar-refractivity contribution in [2.24, 2.45) is 11.8 Å². The first kappa shape index (κ1) is 19.0. The molecule has 0 bridgehead atoms. The molecule has 2 heterocycles. The summed E-state index contributed by atoms with van der Waals surface area (Å²) in [7, 11) is 0. The Hall–Kier alpha value is -1.79. The van der Waals surface area contributed by atoms with Crippen molar-refractivity contribution in [3.8, 4) is 0 Å². The minimum atomic E-state index is -0.203. The van der Waals surface area contributed by atoms with Crippen LogP contribution in [0.3, 0.4) is 0 Å². The van der Waals surface area contributed by atoms with Crippen LogP contribution < -0.4 is 5.32 Å². The molecule has 26 heavy (non-hydrogen) atoms. The highest BCUT2D eigenvalue weighted by molar-refractivity contribution is 7.09. The molecule has 2 atom stereocenters. The van der Waals surface area contributed by atoms with Crippen molar-refractivity contribution in [2.45, 2.75) is 39.3 Å².